The molecule has 1 atom stereocenters. The smallest absolute Gasteiger partial charge is 0.124 e. The molecule has 0 aromatic heterocycles. The summed E-state index contributed by atoms with van der Waals surface area (Å²) in [4.78, 5) is 0. The molecule has 3 nitrogen and oxygen atoms in total. The first-order valence-electron chi connectivity index (χ1n) is 6.32. The van der Waals surface area contributed by atoms with Gasteiger partial charge in [0.05, 0.1) is 11.7 Å². The van der Waals surface area contributed by atoms with Crippen LogP contribution in [0.25, 0.3) is 5.70 Å². The lowest BCUT2D eigenvalue weighted by Gasteiger charge is -2.09. The number of rotatable bonds is 2. The number of aromatic hydroxyl groups is 1. The molecule has 1 aliphatic rings. The Morgan fingerprint density at radius 3 is 2.63 bits per heavy atom. The van der Waals surface area contributed by atoms with Crippen LogP contribution in [0.4, 0.5) is 0 Å². The highest BCUT2D eigenvalue weighted by Gasteiger charge is 2.18. The van der Waals surface area contributed by atoms with E-state index in [2.05, 4.69) is 29.1 Å². The lowest BCUT2D eigenvalue weighted by atomic mass is 10.0. The number of phenols is 1. The summed E-state index contributed by atoms with van der Waals surface area (Å²) in [5, 5.41) is 9.94. The summed E-state index contributed by atoms with van der Waals surface area (Å²) in [6, 6.07) is 15.9. The van der Waals surface area contributed by atoms with Crippen molar-refractivity contribution < 1.29 is 5.11 Å². The van der Waals surface area contributed by atoms with Crippen molar-refractivity contribution >= 4 is 5.70 Å². The van der Waals surface area contributed by atoms with Gasteiger partial charge in [-0.2, -0.15) is 0 Å². The van der Waals surface area contributed by atoms with Crippen molar-refractivity contribution in [1.29, 1.82) is 0 Å². The molecule has 1 heterocycles. The summed E-state index contributed by atoms with van der Waals surface area (Å²) in [7, 11) is 0. The first kappa shape index (κ1) is 11.8. The number of nitrogens with one attached hydrogen (secondary N) is 2. The number of phenolic OH excluding ortho intramolecular Hbond substituents is 1. The fourth-order valence-electron chi connectivity index (χ4n) is 2.27. The summed E-state index contributed by atoms with van der Waals surface area (Å²) in [5.74, 6) is 0.292. The number of aryl methyl sites for hydroxylation is 1. The van der Waals surface area contributed by atoms with Crippen LogP contribution in [0.1, 0.15) is 22.7 Å². The Bertz CT molecular complexity index is 620. The van der Waals surface area contributed by atoms with E-state index in [1.807, 2.05) is 37.3 Å². The number of hydrogen-bond acceptors (Lipinski definition) is 3. The van der Waals surface area contributed by atoms with Gasteiger partial charge in [-0.15, -0.1) is 0 Å². The normalized spacial score (nSPS) is 17.9. The molecule has 96 valence electrons. The second-order valence-electron chi connectivity index (χ2n) is 4.76. The molecule has 3 heteroatoms. The number of benzene rings is 2. The molecule has 2 aromatic rings. The van der Waals surface area contributed by atoms with Crippen molar-refractivity contribution in [2.24, 2.45) is 0 Å². The zero-order valence-corrected chi connectivity index (χ0v) is 10.7. The number of hydrazine groups is 1. The summed E-state index contributed by atoms with van der Waals surface area (Å²) >= 11 is 0. The molecule has 1 aliphatic heterocycles. The predicted molar refractivity (Wildman–Crippen MR) is 76.3 cm³/mol. The fourth-order valence-corrected chi connectivity index (χ4v) is 2.27. The molecule has 0 bridgehead atoms. The van der Waals surface area contributed by atoms with Gasteiger partial charge in [-0.05, 0) is 30.7 Å². The summed E-state index contributed by atoms with van der Waals surface area (Å²) < 4.78 is 0. The third kappa shape index (κ3) is 2.33. The van der Waals surface area contributed by atoms with E-state index < -0.39 is 0 Å². The standard InChI is InChI=1S/C16H16N2O/c1-11-7-8-16(19)13(9-11)15-10-14(17-18-15)12-5-3-2-4-6-12/h2-10,14,17-19H,1H3/t14-/m0/s1. The quantitative estimate of drug-likeness (QED) is 0.770. The third-order valence-electron chi connectivity index (χ3n) is 3.30. The summed E-state index contributed by atoms with van der Waals surface area (Å²) in [6.45, 7) is 2.01. The molecule has 3 rings (SSSR count). The van der Waals surface area contributed by atoms with Crippen molar-refractivity contribution in [1.82, 2.24) is 10.9 Å². The largest absolute Gasteiger partial charge is 0.507 e. The van der Waals surface area contributed by atoms with Crippen LogP contribution in [0.2, 0.25) is 0 Å². The molecule has 0 fully saturated rings. The van der Waals surface area contributed by atoms with Gasteiger partial charge >= 0.3 is 0 Å². The van der Waals surface area contributed by atoms with Crippen LogP contribution in [0, 0.1) is 6.92 Å². The minimum absolute atomic E-state index is 0.121. The maximum absolute atomic E-state index is 9.94. The lowest BCUT2D eigenvalue weighted by Crippen LogP contribution is -2.26. The maximum atomic E-state index is 9.94. The molecule has 0 amide bonds. The summed E-state index contributed by atoms with van der Waals surface area (Å²) in [6.07, 6.45) is 2.09. The zero-order chi connectivity index (χ0) is 13.2. The molecule has 0 saturated carbocycles. The van der Waals surface area contributed by atoms with E-state index >= 15 is 0 Å². The van der Waals surface area contributed by atoms with E-state index in [1.54, 1.807) is 6.07 Å². The molecule has 3 N–H and O–H groups in total. The Morgan fingerprint density at radius 2 is 1.84 bits per heavy atom. The van der Waals surface area contributed by atoms with Crippen molar-refractivity contribution in [3.63, 3.8) is 0 Å². The number of hydrogen-bond donors (Lipinski definition) is 3. The minimum Gasteiger partial charge on any atom is -0.507 e. The van der Waals surface area contributed by atoms with Crippen LogP contribution in [0.5, 0.6) is 5.75 Å². The van der Waals surface area contributed by atoms with Crippen LogP contribution in [0.15, 0.2) is 54.6 Å². The minimum atomic E-state index is 0.121. The summed E-state index contributed by atoms with van der Waals surface area (Å²) in [5.41, 5.74) is 10.4. The first-order chi connectivity index (χ1) is 9.24. The van der Waals surface area contributed by atoms with E-state index in [-0.39, 0.29) is 6.04 Å². The average Bonchev–Trinajstić information content (AvgIpc) is 2.92. The Balaban J connectivity index is 1.93. The second-order valence-corrected chi connectivity index (χ2v) is 4.76. The van der Waals surface area contributed by atoms with Gasteiger partial charge in [0, 0.05) is 5.56 Å². The van der Waals surface area contributed by atoms with Crippen molar-refractivity contribution in [2.45, 2.75) is 13.0 Å². The highest BCUT2D eigenvalue weighted by Crippen LogP contribution is 2.29. The van der Waals surface area contributed by atoms with Gasteiger partial charge in [-0.1, -0.05) is 42.0 Å². The first-order valence-corrected chi connectivity index (χ1v) is 6.32. The zero-order valence-electron chi connectivity index (χ0n) is 10.7. The van der Waals surface area contributed by atoms with Crippen LogP contribution in [-0.2, 0) is 0 Å². The van der Waals surface area contributed by atoms with Gasteiger partial charge in [-0.25, -0.2) is 5.43 Å². The van der Waals surface area contributed by atoms with Gasteiger partial charge in [0.15, 0.2) is 0 Å². The van der Waals surface area contributed by atoms with E-state index in [0.717, 1.165) is 16.8 Å². The highest BCUT2D eigenvalue weighted by molar-refractivity contribution is 5.71. The van der Waals surface area contributed by atoms with Gasteiger partial charge < -0.3 is 10.5 Å². The van der Waals surface area contributed by atoms with Crippen LogP contribution < -0.4 is 10.9 Å². The topological polar surface area (TPSA) is 44.3 Å². The molecule has 0 saturated heterocycles. The molecule has 19 heavy (non-hydrogen) atoms. The van der Waals surface area contributed by atoms with Gasteiger partial charge in [-0.3, -0.25) is 0 Å². The van der Waals surface area contributed by atoms with E-state index in [9.17, 15) is 5.11 Å². The highest BCUT2D eigenvalue weighted by atomic mass is 16.3. The van der Waals surface area contributed by atoms with Crippen LogP contribution in [-0.4, -0.2) is 5.11 Å². The molecule has 0 spiro atoms. The van der Waals surface area contributed by atoms with Gasteiger partial charge in [0.25, 0.3) is 0 Å². The van der Waals surface area contributed by atoms with Gasteiger partial charge in [0.1, 0.15) is 5.75 Å². The molecule has 0 aliphatic carbocycles. The van der Waals surface area contributed by atoms with E-state index in [0.29, 0.717) is 5.75 Å². The van der Waals surface area contributed by atoms with Crippen molar-refractivity contribution in [2.75, 3.05) is 0 Å². The molecular weight excluding hydrogens is 236 g/mol. The molecular formula is C16H16N2O. The Morgan fingerprint density at radius 1 is 1.05 bits per heavy atom. The Labute approximate surface area is 112 Å². The monoisotopic (exact) mass is 252 g/mol. The van der Waals surface area contributed by atoms with Crippen LogP contribution >= 0.6 is 0 Å². The lowest BCUT2D eigenvalue weighted by molar-refractivity contribution is 0.472. The molecule has 0 unspecified atom stereocenters. The average molecular weight is 252 g/mol. The fraction of sp³-hybridized carbons (Fsp3) is 0.125. The third-order valence-corrected chi connectivity index (χ3v) is 3.30. The SMILES string of the molecule is Cc1ccc(O)c(C2=C[C@@H](c3ccccc3)NN2)c1. The van der Waals surface area contributed by atoms with E-state index in [4.69, 9.17) is 0 Å². The van der Waals surface area contributed by atoms with Crippen LogP contribution in [0.3, 0.4) is 0 Å². The second kappa shape index (κ2) is 4.78. The molecule has 2 aromatic carbocycles. The Kier molecular flexibility index (Phi) is 2.97. The Hall–Kier alpha value is -2.26. The van der Waals surface area contributed by atoms with Crippen molar-refractivity contribution in [3.05, 3.63) is 71.3 Å². The van der Waals surface area contributed by atoms with Gasteiger partial charge in [0.2, 0.25) is 0 Å². The van der Waals surface area contributed by atoms with E-state index in [1.165, 1.54) is 5.56 Å². The predicted octanol–water partition coefficient (Wildman–Crippen LogP) is 2.89. The molecule has 0 radical (unpaired) electrons. The van der Waals surface area contributed by atoms with Crippen molar-refractivity contribution in [3.8, 4) is 5.75 Å². The maximum Gasteiger partial charge on any atom is 0.124 e.